The quantitative estimate of drug-likeness (QED) is 0.560. The Labute approximate surface area is 162 Å². The van der Waals surface area contributed by atoms with Crippen LogP contribution in [0.1, 0.15) is 51.4 Å². The highest BCUT2D eigenvalue weighted by molar-refractivity contribution is 5.85. The van der Waals surface area contributed by atoms with E-state index in [1.807, 2.05) is 0 Å². The van der Waals surface area contributed by atoms with E-state index in [2.05, 4.69) is 15.6 Å². The number of aliphatic imine (C=N–C) groups is 1. The molecule has 0 radical (unpaired) electrons. The number of hydrogen-bond acceptors (Lipinski definition) is 4. The number of likely N-dealkylation sites (N-methyl/N-ethyl adjacent to an activating group) is 1. The summed E-state index contributed by atoms with van der Waals surface area (Å²) in [6.07, 6.45) is 9.67. The number of hydrogen-bond donors (Lipinski definition) is 2. The SMILES string of the molecule is CN(C)C(=O)CN=C(NCC1COC2(CCCC2)O1)NC1CC2CCC1C2. The number of nitrogens with zero attached hydrogens (tertiary/aromatic N) is 2. The van der Waals surface area contributed by atoms with Crippen LogP contribution in [0.2, 0.25) is 0 Å². The number of carbonyl (C=O) groups is 1. The highest BCUT2D eigenvalue weighted by Gasteiger charge is 2.44. The van der Waals surface area contributed by atoms with Gasteiger partial charge in [0.1, 0.15) is 12.6 Å². The van der Waals surface area contributed by atoms with Crippen LogP contribution >= 0.6 is 0 Å². The highest BCUT2D eigenvalue weighted by Crippen LogP contribution is 2.44. The summed E-state index contributed by atoms with van der Waals surface area (Å²) < 4.78 is 12.2. The number of fused-ring (bicyclic) bond motifs is 2. The monoisotopic (exact) mass is 378 g/mol. The fourth-order valence-corrected chi connectivity index (χ4v) is 5.14. The van der Waals surface area contributed by atoms with Gasteiger partial charge in [0.15, 0.2) is 11.7 Å². The van der Waals surface area contributed by atoms with Gasteiger partial charge in [-0.15, -0.1) is 0 Å². The largest absolute Gasteiger partial charge is 0.354 e. The summed E-state index contributed by atoms with van der Waals surface area (Å²) in [6, 6.07) is 0.478. The Hall–Kier alpha value is -1.34. The van der Waals surface area contributed by atoms with Crippen LogP contribution in [-0.2, 0) is 14.3 Å². The first-order chi connectivity index (χ1) is 13.0. The molecule has 152 valence electrons. The number of amides is 1. The summed E-state index contributed by atoms with van der Waals surface area (Å²) in [5, 5.41) is 7.01. The van der Waals surface area contributed by atoms with Crippen molar-refractivity contribution < 1.29 is 14.3 Å². The summed E-state index contributed by atoms with van der Waals surface area (Å²) >= 11 is 0. The lowest BCUT2D eigenvalue weighted by molar-refractivity contribution is -0.160. The third-order valence-electron chi connectivity index (χ3n) is 6.71. The van der Waals surface area contributed by atoms with E-state index in [1.54, 1.807) is 19.0 Å². The van der Waals surface area contributed by atoms with Crippen LogP contribution in [0.5, 0.6) is 0 Å². The van der Waals surface area contributed by atoms with Gasteiger partial charge in [-0.3, -0.25) is 4.79 Å². The van der Waals surface area contributed by atoms with Gasteiger partial charge in [0.05, 0.1) is 6.61 Å². The van der Waals surface area contributed by atoms with Gasteiger partial charge in [0.25, 0.3) is 0 Å². The zero-order valence-electron chi connectivity index (χ0n) is 16.7. The van der Waals surface area contributed by atoms with Gasteiger partial charge in [0, 0.05) is 39.5 Å². The van der Waals surface area contributed by atoms with Crippen molar-refractivity contribution in [1.29, 1.82) is 0 Å². The summed E-state index contributed by atoms with van der Waals surface area (Å²) in [6.45, 7) is 1.45. The molecule has 2 N–H and O–H groups in total. The highest BCUT2D eigenvalue weighted by atomic mass is 16.7. The number of nitrogens with one attached hydrogen (secondary N) is 2. The van der Waals surface area contributed by atoms with Crippen molar-refractivity contribution in [2.75, 3.05) is 33.8 Å². The molecule has 1 saturated heterocycles. The molecule has 4 fully saturated rings. The van der Waals surface area contributed by atoms with Gasteiger partial charge in [0.2, 0.25) is 5.91 Å². The molecule has 7 nitrogen and oxygen atoms in total. The van der Waals surface area contributed by atoms with Gasteiger partial charge >= 0.3 is 0 Å². The van der Waals surface area contributed by atoms with Crippen LogP contribution in [0.15, 0.2) is 4.99 Å². The second-order valence-corrected chi connectivity index (χ2v) is 8.93. The van der Waals surface area contributed by atoms with E-state index in [9.17, 15) is 4.79 Å². The minimum atomic E-state index is -0.331. The van der Waals surface area contributed by atoms with Crippen molar-refractivity contribution in [1.82, 2.24) is 15.5 Å². The van der Waals surface area contributed by atoms with Crippen LogP contribution in [0, 0.1) is 11.8 Å². The fourth-order valence-electron chi connectivity index (χ4n) is 5.14. The first kappa shape index (κ1) is 19.0. The third kappa shape index (κ3) is 4.40. The summed E-state index contributed by atoms with van der Waals surface area (Å²) in [5.74, 6) is 2.03. The molecule has 27 heavy (non-hydrogen) atoms. The van der Waals surface area contributed by atoms with E-state index < -0.39 is 0 Å². The number of guanidine groups is 1. The lowest BCUT2D eigenvalue weighted by atomic mass is 9.95. The molecule has 0 aromatic carbocycles. The summed E-state index contributed by atoms with van der Waals surface area (Å²) in [5.41, 5.74) is 0. The van der Waals surface area contributed by atoms with Crippen molar-refractivity contribution in [2.45, 2.75) is 69.3 Å². The van der Waals surface area contributed by atoms with E-state index in [0.29, 0.717) is 19.2 Å². The van der Waals surface area contributed by atoms with Gasteiger partial charge < -0.3 is 25.0 Å². The lowest BCUT2D eigenvalue weighted by Gasteiger charge is -2.26. The molecule has 4 atom stereocenters. The minimum Gasteiger partial charge on any atom is -0.354 e. The van der Waals surface area contributed by atoms with E-state index in [1.165, 1.54) is 38.5 Å². The van der Waals surface area contributed by atoms with Gasteiger partial charge in [-0.25, -0.2) is 4.99 Å². The summed E-state index contributed by atoms with van der Waals surface area (Å²) in [7, 11) is 3.53. The second kappa shape index (κ2) is 7.95. The number of carbonyl (C=O) groups excluding carboxylic acids is 1. The minimum absolute atomic E-state index is 0.00870. The van der Waals surface area contributed by atoms with E-state index in [0.717, 1.165) is 30.6 Å². The van der Waals surface area contributed by atoms with Gasteiger partial charge in [-0.05, 0) is 43.9 Å². The predicted molar refractivity (Wildman–Crippen MR) is 103 cm³/mol. The lowest BCUT2D eigenvalue weighted by Crippen LogP contribution is -2.48. The zero-order valence-corrected chi connectivity index (χ0v) is 16.7. The van der Waals surface area contributed by atoms with Crippen molar-refractivity contribution in [3.05, 3.63) is 0 Å². The van der Waals surface area contributed by atoms with Crippen LogP contribution < -0.4 is 10.6 Å². The molecule has 0 aromatic rings. The first-order valence-corrected chi connectivity index (χ1v) is 10.6. The number of rotatable bonds is 5. The number of ether oxygens (including phenoxy) is 2. The Morgan fingerprint density at radius 3 is 2.70 bits per heavy atom. The predicted octanol–water partition coefficient (Wildman–Crippen LogP) is 1.48. The molecule has 4 unspecified atom stereocenters. The Kier molecular flexibility index (Phi) is 5.60. The molecule has 4 aliphatic rings. The smallest absolute Gasteiger partial charge is 0.243 e. The average molecular weight is 379 g/mol. The normalized spacial score (nSPS) is 34.4. The molecule has 3 saturated carbocycles. The topological polar surface area (TPSA) is 75.2 Å². The van der Waals surface area contributed by atoms with Gasteiger partial charge in [-0.1, -0.05) is 6.42 Å². The van der Waals surface area contributed by atoms with Crippen molar-refractivity contribution in [3.8, 4) is 0 Å². The van der Waals surface area contributed by atoms with Crippen LogP contribution in [0.3, 0.4) is 0 Å². The Balaban J connectivity index is 1.32. The molecule has 3 aliphatic carbocycles. The van der Waals surface area contributed by atoms with Gasteiger partial charge in [-0.2, -0.15) is 0 Å². The van der Waals surface area contributed by atoms with E-state index in [4.69, 9.17) is 9.47 Å². The van der Waals surface area contributed by atoms with E-state index in [-0.39, 0.29) is 24.3 Å². The molecule has 1 aliphatic heterocycles. The maximum absolute atomic E-state index is 12.0. The molecule has 1 heterocycles. The Bertz CT molecular complexity index is 574. The van der Waals surface area contributed by atoms with E-state index >= 15 is 0 Å². The molecule has 1 amide bonds. The van der Waals surface area contributed by atoms with Crippen LogP contribution in [-0.4, -0.2) is 68.5 Å². The molecule has 0 aromatic heterocycles. The molecule has 7 heteroatoms. The molecule has 1 spiro atoms. The van der Waals surface area contributed by atoms with Crippen LogP contribution in [0.4, 0.5) is 0 Å². The van der Waals surface area contributed by atoms with Crippen molar-refractivity contribution in [3.63, 3.8) is 0 Å². The maximum atomic E-state index is 12.0. The average Bonchev–Trinajstić information content (AvgIpc) is 3.44. The van der Waals surface area contributed by atoms with Crippen molar-refractivity contribution >= 4 is 11.9 Å². The fraction of sp³-hybridized carbons (Fsp3) is 0.900. The zero-order chi connectivity index (χ0) is 18.9. The van der Waals surface area contributed by atoms with Crippen LogP contribution in [0.25, 0.3) is 0 Å². The molecule has 2 bridgehead atoms. The summed E-state index contributed by atoms with van der Waals surface area (Å²) in [4.78, 5) is 18.1. The Morgan fingerprint density at radius 2 is 2.04 bits per heavy atom. The molecular formula is C20H34N4O3. The second-order valence-electron chi connectivity index (χ2n) is 8.93. The molecular weight excluding hydrogens is 344 g/mol. The molecule has 4 rings (SSSR count). The Morgan fingerprint density at radius 1 is 1.22 bits per heavy atom. The van der Waals surface area contributed by atoms with Crippen molar-refractivity contribution in [2.24, 2.45) is 16.8 Å². The standard InChI is InChI=1S/C20H34N4O3/c1-24(2)18(25)12-22-19(23-17-10-14-5-6-15(17)9-14)21-11-16-13-26-20(27-16)7-3-4-8-20/h14-17H,3-13H2,1-2H3,(H2,21,22,23). The maximum Gasteiger partial charge on any atom is 0.243 e. The third-order valence-corrected chi connectivity index (χ3v) is 6.71. The first-order valence-electron chi connectivity index (χ1n) is 10.6.